The highest BCUT2D eigenvalue weighted by molar-refractivity contribution is 6.06. The number of hydrogen-bond acceptors (Lipinski definition) is 3. The Kier molecular flexibility index (Phi) is 5.46. The number of amides is 1. The molecule has 1 aromatic carbocycles. The molecule has 0 spiro atoms. The fraction of sp³-hybridized carbons (Fsp3) is 0.500. The molecule has 1 aromatic heterocycles. The molecule has 1 atom stereocenters. The minimum absolute atomic E-state index is 0.143. The molecule has 1 amide bonds. The number of hydrogen-bond donors (Lipinski definition) is 0. The number of nitrogens with zero attached hydrogens (tertiary/aromatic N) is 2. The van der Waals surface area contributed by atoms with Crippen LogP contribution >= 0.6 is 0 Å². The van der Waals surface area contributed by atoms with Crippen molar-refractivity contribution in [2.45, 2.75) is 32.6 Å². The fourth-order valence-corrected chi connectivity index (χ4v) is 3.62. The van der Waals surface area contributed by atoms with Crippen LogP contribution in [-0.2, 0) is 4.74 Å². The summed E-state index contributed by atoms with van der Waals surface area (Å²) in [6.45, 7) is 4.57. The molecule has 4 heteroatoms. The molecule has 1 saturated heterocycles. The van der Waals surface area contributed by atoms with E-state index in [4.69, 9.17) is 4.74 Å². The molecule has 2 heterocycles. The van der Waals surface area contributed by atoms with Gasteiger partial charge in [-0.3, -0.25) is 9.78 Å². The molecule has 0 unspecified atom stereocenters. The van der Waals surface area contributed by atoms with Gasteiger partial charge in [0, 0.05) is 38.4 Å². The van der Waals surface area contributed by atoms with Gasteiger partial charge < -0.3 is 9.64 Å². The number of rotatable bonds is 5. The van der Waals surface area contributed by atoms with E-state index in [1.54, 1.807) is 13.3 Å². The predicted molar refractivity (Wildman–Crippen MR) is 96.2 cm³/mol. The Morgan fingerprint density at radius 1 is 1.38 bits per heavy atom. The first-order valence-corrected chi connectivity index (χ1v) is 8.82. The summed E-state index contributed by atoms with van der Waals surface area (Å²) >= 11 is 0. The molecule has 1 aliphatic heterocycles. The van der Waals surface area contributed by atoms with Gasteiger partial charge in [0.15, 0.2) is 0 Å². The Morgan fingerprint density at radius 3 is 3.08 bits per heavy atom. The van der Waals surface area contributed by atoms with Gasteiger partial charge in [-0.05, 0) is 56.7 Å². The summed E-state index contributed by atoms with van der Waals surface area (Å²) < 4.78 is 5.15. The van der Waals surface area contributed by atoms with E-state index in [1.807, 2.05) is 30.0 Å². The van der Waals surface area contributed by atoms with Crippen molar-refractivity contribution in [3.05, 3.63) is 41.6 Å². The van der Waals surface area contributed by atoms with Gasteiger partial charge in [0.25, 0.3) is 5.91 Å². The number of piperidine rings is 1. The summed E-state index contributed by atoms with van der Waals surface area (Å²) in [5.41, 5.74) is 2.82. The molecule has 0 radical (unpaired) electrons. The third-order valence-corrected chi connectivity index (χ3v) is 4.89. The molecular formula is C20H26N2O2. The van der Waals surface area contributed by atoms with E-state index < -0.39 is 0 Å². The van der Waals surface area contributed by atoms with Crippen LogP contribution in [0.1, 0.15) is 41.6 Å². The second-order valence-corrected chi connectivity index (χ2v) is 6.77. The number of aromatic nitrogens is 1. The van der Waals surface area contributed by atoms with Crippen molar-refractivity contribution in [1.29, 1.82) is 0 Å². The zero-order valence-corrected chi connectivity index (χ0v) is 14.6. The van der Waals surface area contributed by atoms with Crippen LogP contribution in [-0.4, -0.2) is 42.6 Å². The Morgan fingerprint density at radius 2 is 2.25 bits per heavy atom. The first-order chi connectivity index (χ1) is 11.7. The molecule has 1 fully saturated rings. The van der Waals surface area contributed by atoms with E-state index >= 15 is 0 Å². The van der Waals surface area contributed by atoms with E-state index in [9.17, 15) is 4.79 Å². The maximum atomic E-state index is 13.1. The van der Waals surface area contributed by atoms with Crippen LogP contribution in [0.25, 0.3) is 10.9 Å². The van der Waals surface area contributed by atoms with E-state index in [2.05, 4.69) is 11.1 Å². The number of carbonyl (C=O) groups excluding carboxylic acids is 1. The summed E-state index contributed by atoms with van der Waals surface area (Å²) in [5, 5.41) is 0.962. The van der Waals surface area contributed by atoms with Crippen molar-refractivity contribution < 1.29 is 9.53 Å². The molecule has 0 bridgehead atoms. The van der Waals surface area contributed by atoms with Gasteiger partial charge in [-0.15, -0.1) is 0 Å². The average molecular weight is 326 g/mol. The second-order valence-electron chi connectivity index (χ2n) is 6.77. The predicted octanol–water partition coefficient (Wildman–Crippen LogP) is 3.82. The van der Waals surface area contributed by atoms with Gasteiger partial charge in [0.1, 0.15) is 0 Å². The van der Waals surface area contributed by atoms with Crippen molar-refractivity contribution in [1.82, 2.24) is 9.88 Å². The Balaban J connectivity index is 1.77. The van der Waals surface area contributed by atoms with Gasteiger partial charge in [-0.1, -0.05) is 11.6 Å². The molecule has 0 saturated carbocycles. The summed E-state index contributed by atoms with van der Waals surface area (Å²) in [5.74, 6) is 0.733. The zero-order valence-electron chi connectivity index (χ0n) is 14.6. The number of benzene rings is 1. The Bertz CT molecular complexity index is 714. The average Bonchev–Trinajstić information content (AvgIpc) is 2.61. The van der Waals surface area contributed by atoms with E-state index in [0.29, 0.717) is 5.92 Å². The quantitative estimate of drug-likeness (QED) is 0.784. The van der Waals surface area contributed by atoms with Crippen LogP contribution in [0.15, 0.2) is 30.5 Å². The largest absolute Gasteiger partial charge is 0.385 e. The number of ether oxygens (including phenoxy) is 1. The Labute approximate surface area is 143 Å². The molecule has 24 heavy (non-hydrogen) atoms. The molecule has 1 aliphatic rings. The minimum Gasteiger partial charge on any atom is -0.385 e. The lowest BCUT2D eigenvalue weighted by Crippen LogP contribution is -2.40. The number of pyridine rings is 1. The number of likely N-dealkylation sites (tertiary alicyclic amines) is 1. The number of aryl methyl sites for hydroxylation is 1. The van der Waals surface area contributed by atoms with Crippen molar-refractivity contribution >= 4 is 16.8 Å². The topological polar surface area (TPSA) is 42.4 Å². The molecule has 2 aromatic rings. The number of methoxy groups -OCH3 is 1. The van der Waals surface area contributed by atoms with E-state index in [-0.39, 0.29) is 5.91 Å². The standard InChI is InChI=1S/C20H26N2O2/c1-15-7-8-19-18(13-15)17(9-10-21-19)20(23)22-11-3-5-16(14-22)6-4-12-24-2/h7-10,13,16H,3-6,11-12,14H2,1-2H3/t16-/m1/s1. The lowest BCUT2D eigenvalue weighted by Gasteiger charge is -2.33. The van der Waals surface area contributed by atoms with Gasteiger partial charge in [-0.2, -0.15) is 0 Å². The third kappa shape index (κ3) is 3.75. The SMILES string of the molecule is COCCC[C@H]1CCCN(C(=O)c2ccnc3ccc(C)cc23)C1. The molecule has 3 rings (SSSR count). The maximum absolute atomic E-state index is 13.1. The maximum Gasteiger partial charge on any atom is 0.254 e. The van der Waals surface area contributed by atoms with Crippen LogP contribution in [0.4, 0.5) is 0 Å². The summed E-state index contributed by atoms with van der Waals surface area (Å²) in [6, 6.07) is 7.95. The minimum atomic E-state index is 0.143. The van der Waals surface area contributed by atoms with Crippen LogP contribution in [0.5, 0.6) is 0 Å². The first-order valence-electron chi connectivity index (χ1n) is 8.82. The van der Waals surface area contributed by atoms with Crippen LogP contribution in [0, 0.1) is 12.8 Å². The lowest BCUT2D eigenvalue weighted by atomic mass is 9.93. The van der Waals surface area contributed by atoms with E-state index in [1.165, 1.54) is 6.42 Å². The highest BCUT2D eigenvalue weighted by Crippen LogP contribution is 2.25. The third-order valence-electron chi connectivity index (χ3n) is 4.89. The van der Waals surface area contributed by atoms with Crippen LogP contribution < -0.4 is 0 Å². The highest BCUT2D eigenvalue weighted by atomic mass is 16.5. The van der Waals surface area contributed by atoms with Crippen LogP contribution in [0.3, 0.4) is 0 Å². The van der Waals surface area contributed by atoms with Crippen molar-refractivity contribution in [3.8, 4) is 0 Å². The van der Waals surface area contributed by atoms with Gasteiger partial charge in [0.05, 0.1) is 11.1 Å². The first kappa shape index (κ1) is 16.9. The molecule has 0 N–H and O–H groups in total. The lowest BCUT2D eigenvalue weighted by molar-refractivity contribution is 0.0662. The van der Waals surface area contributed by atoms with Crippen molar-refractivity contribution in [2.24, 2.45) is 5.92 Å². The van der Waals surface area contributed by atoms with Gasteiger partial charge >= 0.3 is 0 Å². The molecular weight excluding hydrogens is 300 g/mol. The van der Waals surface area contributed by atoms with Gasteiger partial charge in [0.2, 0.25) is 0 Å². The second kappa shape index (κ2) is 7.75. The monoisotopic (exact) mass is 326 g/mol. The summed E-state index contributed by atoms with van der Waals surface area (Å²) in [4.78, 5) is 19.5. The normalized spacial score (nSPS) is 18.1. The van der Waals surface area contributed by atoms with Crippen molar-refractivity contribution in [2.75, 3.05) is 26.8 Å². The Hall–Kier alpha value is -1.94. The van der Waals surface area contributed by atoms with E-state index in [0.717, 1.165) is 61.0 Å². The van der Waals surface area contributed by atoms with Crippen LogP contribution in [0.2, 0.25) is 0 Å². The molecule has 4 nitrogen and oxygen atoms in total. The highest BCUT2D eigenvalue weighted by Gasteiger charge is 2.25. The van der Waals surface area contributed by atoms with Gasteiger partial charge in [-0.25, -0.2) is 0 Å². The van der Waals surface area contributed by atoms with Crippen molar-refractivity contribution in [3.63, 3.8) is 0 Å². The zero-order chi connectivity index (χ0) is 16.9. The fourth-order valence-electron chi connectivity index (χ4n) is 3.62. The number of fused-ring (bicyclic) bond motifs is 1. The summed E-state index contributed by atoms with van der Waals surface area (Å²) in [7, 11) is 1.74. The molecule has 0 aliphatic carbocycles. The molecule has 128 valence electrons. The summed E-state index contributed by atoms with van der Waals surface area (Å²) in [6.07, 6.45) is 6.24. The smallest absolute Gasteiger partial charge is 0.254 e. The number of carbonyl (C=O) groups is 1.